The minimum Gasteiger partial charge on any atom is -0.350 e. The first-order valence-corrected chi connectivity index (χ1v) is 9.61. The highest BCUT2D eigenvalue weighted by Gasteiger charge is 2.40. The number of halogens is 1. The quantitative estimate of drug-likeness (QED) is 0.811. The van der Waals surface area contributed by atoms with E-state index in [4.69, 9.17) is 9.47 Å². The fraction of sp³-hybridized carbons (Fsp3) is 0.600. The number of carbonyl (C=O) groups is 2. The van der Waals surface area contributed by atoms with Crippen LogP contribution in [0.5, 0.6) is 0 Å². The molecule has 1 unspecified atom stereocenters. The molecule has 3 saturated heterocycles. The molecule has 3 aliphatic rings. The lowest BCUT2D eigenvalue weighted by atomic mass is 9.95. The minimum absolute atomic E-state index is 0.00919. The molecule has 27 heavy (non-hydrogen) atoms. The van der Waals surface area contributed by atoms with Crippen LogP contribution in [0.2, 0.25) is 0 Å². The number of hydrogen-bond donors (Lipinski definition) is 0. The van der Waals surface area contributed by atoms with Gasteiger partial charge >= 0.3 is 0 Å². The summed E-state index contributed by atoms with van der Waals surface area (Å²) >= 11 is 0. The van der Waals surface area contributed by atoms with Crippen molar-refractivity contribution in [2.45, 2.75) is 32.5 Å². The summed E-state index contributed by atoms with van der Waals surface area (Å²) in [6, 6.07) is 4.80. The summed E-state index contributed by atoms with van der Waals surface area (Å²) in [6.07, 6.45) is 1.68. The van der Waals surface area contributed by atoms with Gasteiger partial charge in [0.1, 0.15) is 5.82 Å². The lowest BCUT2D eigenvalue weighted by Crippen LogP contribution is -2.44. The summed E-state index contributed by atoms with van der Waals surface area (Å²) in [4.78, 5) is 28.5. The zero-order valence-corrected chi connectivity index (χ0v) is 15.5. The normalized spacial score (nSPS) is 24.8. The van der Waals surface area contributed by atoms with Crippen molar-refractivity contribution in [2.24, 2.45) is 11.8 Å². The Morgan fingerprint density at radius 3 is 2.56 bits per heavy atom. The maximum atomic E-state index is 14.2. The molecule has 7 heteroatoms. The van der Waals surface area contributed by atoms with E-state index in [9.17, 15) is 14.0 Å². The van der Waals surface area contributed by atoms with Gasteiger partial charge in [-0.05, 0) is 37.5 Å². The van der Waals surface area contributed by atoms with Crippen LogP contribution in [0.1, 0.15) is 24.8 Å². The van der Waals surface area contributed by atoms with Gasteiger partial charge in [-0.1, -0.05) is 6.07 Å². The molecule has 2 amide bonds. The molecule has 0 N–H and O–H groups in total. The second-order valence-corrected chi connectivity index (χ2v) is 7.63. The SMILES string of the molecule is Cc1ccc(N2CC(C(=O)N3CCC(C4OCCO4)CC3)CC2=O)c(F)c1. The largest absolute Gasteiger partial charge is 0.350 e. The van der Waals surface area contributed by atoms with Gasteiger partial charge in [0.2, 0.25) is 11.8 Å². The molecule has 6 nitrogen and oxygen atoms in total. The highest BCUT2D eigenvalue weighted by Crippen LogP contribution is 2.31. The standard InChI is InChI=1S/C20H25FN2O4/c1-13-2-3-17(16(21)10-13)23-12-15(11-18(23)24)19(25)22-6-4-14(5-7-22)20-26-8-9-27-20/h2-3,10,14-15,20H,4-9,11-12H2,1H3. The monoisotopic (exact) mass is 376 g/mol. The molecule has 0 aromatic heterocycles. The lowest BCUT2D eigenvalue weighted by Gasteiger charge is -2.35. The van der Waals surface area contributed by atoms with E-state index >= 15 is 0 Å². The van der Waals surface area contributed by atoms with Crippen LogP contribution in [0.25, 0.3) is 0 Å². The number of anilines is 1. The van der Waals surface area contributed by atoms with Gasteiger partial charge in [-0.15, -0.1) is 0 Å². The van der Waals surface area contributed by atoms with Crippen LogP contribution in [0.3, 0.4) is 0 Å². The molecule has 0 bridgehead atoms. The Kier molecular flexibility index (Phi) is 5.14. The Morgan fingerprint density at radius 1 is 1.19 bits per heavy atom. The van der Waals surface area contributed by atoms with Gasteiger partial charge in [0.05, 0.1) is 24.8 Å². The van der Waals surface area contributed by atoms with Crippen LogP contribution < -0.4 is 4.90 Å². The van der Waals surface area contributed by atoms with E-state index < -0.39 is 11.7 Å². The number of amides is 2. The van der Waals surface area contributed by atoms with Crippen LogP contribution >= 0.6 is 0 Å². The molecule has 3 heterocycles. The van der Waals surface area contributed by atoms with Crippen molar-refractivity contribution in [1.29, 1.82) is 0 Å². The van der Waals surface area contributed by atoms with E-state index in [1.807, 2.05) is 4.90 Å². The molecule has 0 aliphatic carbocycles. The Bertz CT molecular complexity index is 727. The van der Waals surface area contributed by atoms with Gasteiger partial charge in [0.15, 0.2) is 6.29 Å². The number of benzene rings is 1. The van der Waals surface area contributed by atoms with Crippen LogP contribution in [0.4, 0.5) is 10.1 Å². The predicted octanol–water partition coefficient (Wildman–Crippen LogP) is 2.10. The summed E-state index contributed by atoms with van der Waals surface area (Å²) < 4.78 is 25.4. The molecule has 0 spiro atoms. The molecule has 0 saturated carbocycles. The zero-order valence-electron chi connectivity index (χ0n) is 15.5. The zero-order chi connectivity index (χ0) is 19.0. The van der Waals surface area contributed by atoms with Gasteiger partial charge < -0.3 is 19.3 Å². The average molecular weight is 376 g/mol. The lowest BCUT2D eigenvalue weighted by molar-refractivity contribution is -0.140. The summed E-state index contributed by atoms with van der Waals surface area (Å²) in [5.74, 6) is -0.716. The number of ether oxygens (including phenoxy) is 2. The number of carbonyl (C=O) groups excluding carboxylic acids is 2. The highest BCUT2D eigenvalue weighted by molar-refractivity contribution is 6.00. The van der Waals surface area contributed by atoms with Gasteiger partial charge in [0, 0.05) is 32.0 Å². The molecular weight excluding hydrogens is 351 g/mol. The van der Waals surface area contributed by atoms with Crippen LogP contribution in [0.15, 0.2) is 18.2 Å². The topological polar surface area (TPSA) is 59.1 Å². The third-order valence-corrected chi connectivity index (χ3v) is 5.75. The van der Waals surface area contributed by atoms with E-state index in [0.717, 1.165) is 18.4 Å². The first-order chi connectivity index (χ1) is 13.0. The van der Waals surface area contributed by atoms with E-state index in [1.54, 1.807) is 19.1 Å². The molecular formula is C20H25FN2O4. The minimum atomic E-state index is -0.422. The first-order valence-electron chi connectivity index (χ1n) is 9.61. The third kappa shape index (κ3) is 3.71. The number of likely N-dealkylation sites (tertiary alicyclic amines) is 1. The molecule has 0 radical (unpaired) electrons. The molecule has 1 aromatic carbocycles. The smallest absolute Gasteiger partial charge is 0.228 e. The molecule has 3 fully saturated rings. The number of nitrogens with zero attached hydrogens (tertiary/aromatic N) is 2. The first kappa shape index (κ1) is 18.4. The van der Waals surface area contributed by atoms with Gasteiger partial charge in [0.25, 0.3) is 0 Å². The van der Waals surface area contributed by atoms with Crippen LogP contribution in [0, 0.1) is 24.6 Å². The third-order valence-electron chi connectivity index (χ3n) is 5.75. The fourth-order valence-corrected chi connectivity index (χ4v) is 4.24. The number of piperidine rings is 1. The van der Waals surface area contributed by atoms with Crippen molar-refractivity contribution in [3.05, 3.63) is 29.6 Å². The molecule has 3 aliphatic heterocycles. The van der Waals surface area contributed by atoms with Crippen molar-refractivity contribution >= 4 is 17.5 Å². The maximum Gasteiger partial charge on any atom is 0.228 e. The Balaban J connectivity index is 1.36. The molecule has 1 atom stereocenters. The Labute approximate surface area is 158 Å². The summed E-state index contributed by atoms with van der Waals surface area (Å²) in [5.41, 5.74) is 1.06. The average Bonchev–Trinajstić information content (AvgIpc) is 3.32. The second-order valence-electron chi connectivity index (χ2n) is 7.63. The van der Waals surface area contributed by atoms with E-state index in [-0.39, 0.29) is 36.8 Å². The van der Waals surface area contributed by atoms with Crippen LogP contribution in [-0.2, 0) is 19.1 Å². The van der Waals surface area contributed by atoms with Crippen molar-refractivity contribution < 1.29 is 23.5 Å². The molecule has 4 rings (SSSR count). The maximum absolute atomic E-state index is 14.2. The Morgan fingerprint density at radius 2 is 1.89 bits per heavy atom. The van der Waals surface area contributed by atoms with Crippen LogP contribution in [-0.4, -0.2) is 55.9 Å². The number of aryl methyl sites for hydroxylation is 1. The van der Waals surface area contributed by atoms with Crippen molar-refractivity contribution in [2.75, 3.05) is 37.7 Å². The van der Waals surface area contributed by atoms with E-state index in [1.165, 1.54) is 11.0 Å². The van der Waals surface area contributed by atoms with Crippen molar-refractivity contribution in [1.82, 2.24) is 4.90 Å². The fourth-order valence-electron chi connectivity index (χ4n) is 4.24. The van der Waals surface area contributed by atoms with Gasteiger partial charge in [-0.3, -0.25) is 9.59 Å². The summed E-state index contributed by atoms with van der Waals surface area (Å²) in [6.45, 7) is 4.62. The predicted molar refractivity (Wildman–Crippen MR) is 96.6 cm³/mol. The number of rotatable bonds is 3. The van der Waals surface area contributed by atoms with Gasteiger partial charge in [-0.25, -0.2) is 4.39 Å². The summed E-state index contributed by atoms with van der Waals surface area (Å²) in [7, 11) is 0. The summed E-state index contributed by atoms with van der Waals surface area (Å²) in [5, 5.41) is 0. The van der Waals surface area contributed by atoms with E-state index in [0.29, 0.717) is 32.2 Å². The van der Waals surface area contributed by atoms with Gasteiger partial charge in [-0.2, -0.15) is 0 Å². The molecule has 1 aromatic rings. The Hall–Kier alpha value is -1.99. The van der Waals surface area contributed by atoms with E-state index in [2.05, 4.69) is 0 Å². The van der Waals surface area contributed by atoms with Crippen molar-refractivity contribution in [3.63, 3.8) is 0 Å². The highest BCUT2D eigenvalue weighted by atomic mass is 19.1. The molecule has 146 valence electrons. The van der Waals surface area contributed by atoms with Crippen molar-refractivity contribution in [3.8, 4) is 0 Å². The second kappa shape index (κ2) is 7.56. The number of hydrogen-bond acceptors (Lipinski definition) is 4.